The number of aromatic nitrogens is 3. The van der Waals surface area contributed by atoms with Crippen molar-refractivity contribution < 1.29 is 13.2 Å². The molecule has 1 aliphatic heterocycles. The Morgan fingerprint density at radius 3 is 2.73 bits per heavy atom. The van der Waals surface area contributed by atoms with E-state index in [1.54, 1.807) is 4.68 Å². The molecule has 1 unspecified atom stereocenters. The molecule has 1 aliphatic rings. The second-order valence-electron chi connectivity index (χ2n) is 6.70. The van der Waals surface area contributed by atoms with Crippen LogP contribution in [0, 0.1) is 0 Å². The van der Waals surface area contributed by atoms with Crippen LogP contribution in [0.15, 0.2) is 24.3 Å². The summed E-state index contributed by atoms with van der Waals surface area (Å²) in [4.78, 5) is 12.2. The maximum Gasteiger partial charge on any atom is 0.222 e. The number of sulfonamides is 1. The molecule has 1 aromatic heterocycles. The lowest BCUT2D eigenvalue weighted by atomic mass is 10.2. The zero-order valence-electron chi connectivity index (χ0n) is 15.0. The average Bonchev–Trinajstić information content (AvgIpc) is 3.06. The van der Waals surface area contributed by atoms with Crippen molar-refractivity contribution in [2.75, 3.05) is 25.4 Å². The molecule has 0 bridgehead atoms. The number of fused-ring (bicyclic) bond motifs is 1. The Balaban J connectivity index is 1.49. The Morgan fingerprint density at radius 1 is 1.23 bits per heavy atom. The third-order valence-corrected chi connectivity index (χ3v) is 6.54. The second kappa shape index (κ2) is 8.13. The van der Waals surface area contributed by atoms with E-state index >= 15 is 0 Å². The van der Waals surface area contributed by atoms with Gasteiger partial charge in [0.1, 0.15) is 5.52 Å². The van der Waals surface area contributed by atoms with E-state index in [1.807, 2.05) is 31.2 Å². The van der Waals surface area contributed by atoms with Gasteiger partial charge < -0.3 is 5.32 Å². The molecular formula is C17H25N5O3S. The van der Waals surface area contributed by atoms with Gasteiger partial charge in [0.05, 0.1) is 17.3 Å². The van der Waals surface area contributed by atoms with Gasteiger partial charge in [-0.25, -0.2) is 17.4 Å². The highest BCUT2D eigenvalue weighted by Gasteiger charge is 2.23. The molecule has 8 nitrogen and oxygen atoms in total. The summed E-state index contributed by atoms with van der Waals surface area (Å²) in [6, 6.07) is 7.41. The van der Waals surface area contributed by atoms with Gasteiger partial charge in [-0.3, -0.25) is 4.79 Å². The molecule has 1 fully saturated rings. The molecule has 1 aromatic carbocycles. The van der Waals surface area contributed by atoms with E-state index in [9.17, 15) is 13.2 Å². The molecule has 142 valence electrons. The van der Waals surface area contributed by atoms with Crippen molar-refractivity contribution in [2.24, 2.45) is 0 Å². The van der Waals surface area contributed by atoms with Gasteiger partial charge in [0.25, 0.3) is 0 Å². The van der Waals surface area contributed by atoms with Crippen LogP contribution in [0.2, 0.25) is 0 Å². The molecule has 0 aliphatic carbocycles. The smallest absolute Gasteiger partial charge is 0.222 e. The fraction of sp³-hybridized carbons (Fsp3) is 0.588. The third kappa shape index (κ3) is 4.39. The molecule has 3 rings (SSSR count). The number of rotatable bonds is 7. The van der Waals surface area contributed by atoms with E-state index in [-0.39, 0.29) is 30.7 Å². The minimum atomic E-state index is -3.29. The normalized spacial score (nSPS) is 17.3. The Bertz CT molecular complexity index is 858. The number of carbonyl (C=O) groups is 1. The summed E-state index contributed by atoms with van der Waals surface area (Å²) in [5.74, 6) is -0.245. The Labute approximate surface area is 153 Å². The topological polar surface area (TPSA) is 97.2 Å². The summed E-state index contributed by atoms with van der Waals surface area (Å²) in [7, 11) is -3.29. The number of hydrogen-bond acceptors (Lipinski definition) is 5. The quantitative estimate of drug-likeness (QED) is 0.782. The first-order valence-electron chi connectivity index (χ1n) is 9.02. The molecular weight excluding hydrogens is 354 g/mol. The number of para-hydroxylation sites is 1. The molecule has 2 aromatic rings. The maximum absolute atomic E-state index is 12.3. The molecule has 0 spiro atoms. The van der Waals surface area contributed by atoms with Gasteiger partial charge >= 0.3 is 0 Å². The zero-order chi connectivity index (χ0) is 18.6. The minimum absolute atomic E-state index is 0.0562. The molecule has 0 saturated carbocycles. The first-order chi connectivity index (χ1) is 12.5. The number of amides is 1. The van der Waals surface area contributed by atoms with Crippen molar-refractivity contribution in [1.82, 2.24) is 24.6 Å². The zero-order valence-corrected chi connectivity index (χ0v) is 15.8. The van der Waals surface area contributed by atoms with E-state index in [1.165, 1.54) is 4.31 Å². The lowest BCUT2D eigenvalue weighted by Gasteiger charge is -2.25. The van der Waals surface area contributed by atoms with Crippen LogP contribution in [0.25, 0.3) is 11.0 Å². The van der Waals surface area contributed by atoms with Crippen LogP contribution in [0.1, 0.15) is 38.6 Å². The predicted molar refractivity (Wildman–Crippen MR) is 99.1 cm³/mol. The van der Waals surface area contributed by atoms with Crippen molar-refractivity contribution in [3.63, 3.8) is 0 Å². The van der Waals surface area contributed by atoms with Crippen molar-refractivity contribution in [1.29, 1.82) is 0 Å². The Kier molecular flexibility index (Phi) is 5.87. The second-order valence-corrected chi connectivity index (χ2v) is 8.79. The average molecular weight is 379 g/mol. The number of piperidine rings is 1. The standard InChI is InChI=1S/C17H25N5O3S/c1-14(22-16-8-4-3-7-15(16)19-20-22)13-17(23)18-9-12-26(24,25)21-10-5-2-6-11-21/h3-4,7-8,14H,2,5-6,9-13H2,1H3,(H,18,23). The van der Waals surface area contributed by atoms with E-state index in [0.29, 0.717) is 13.1 Å². The Morgan fingerprint density at radius 2 is 1.96 bits per heavy atom. The van der Waals surface area contributed by atoms with Crippen LogP contribution >= 0.6 is 0 Å². The first-order valence-corrected chi connectivity index (χ1v) is 10.6. The summed E-state index contributed by atoms with van der Waals surface area (Å²) < 4.78 is 27.8. The van der Waals surface area contributed by atoms with Gasteiger partial charge in [0.2, 0.25) is 15.9 Å². The minimum Gasteiger partial charge on any atom is -0.355 e. The highest BCUT2D eigenvalue weighted by Crippen LogP contribution is 2.17. The lowest BCUT2D eigenvalue weighted by molar-refractivity contribution is -0.121. The van der Waals surface area contributed by atoms with E-state index in [0.717, 1.165) is 30.3 Å². The van der Waals surface area contributed by atoms with Gasteiger partial charge in [-0.05, 0) is 31.9 Å². The van der Waals surface area contributed by atoms with E-state index in [4.69, 9.17) is 0 Å². The predicted octanol–water partition coefficient (Wildman–Crippen LogP) is 1.31. The summed E-state index contributed by atoms with van der Waals surface area (Å²) >= 11 is 0. The molecule has 1 atom stereocenters. The van der Waals surface area contributed by atoms with E-state index in [2.05, 4.69) is 15.6 Å². The molecule has 2 heterocycles. The van der Waals surface area contributed by atoms with Crippen LogP contribution < -0.4 is 5.32 Å². The van der Waals surface area contributed by atoms with Crippen LogP contribution in [0.3, 0.4) is 0 Å². The van der Waals surface area contributed by atoms with Crippen LogP contribution in [0.5, 0.6) is 0 Å². The summed E-state index contributed by atoms with van der Waals surface area (Å²) in [5, 5.41) is 10.9. The molecule has 1 N–H and O–H groups in total. The number of nitrogens with zero attached hydrogens (tertiary/aromatic N) is 4. The summed E-state index contributed by atoms with van der Waals surface area (Å²) in [6.45, 7) is 3.20. The summed E-state index contributed by atoms with van der Waals surface area (Å²) in [5.41, 5.74) is 1.66. The van der Waals surface area contributed by atoms with Gasteiger partial charge in [-0.1, -0.05) is 23.8 Å². The number of carbonyl (C=O) groups excluding carboxylic acids is 1. The monoisotopic (exact) mass is 379 g/mol. The SMILES string of the molecule is CC(CC(=O)NCCS(=O)(=O)N1CCCCC1)n1nnc2ccccc21. The highest BCUT2D eigenvalue weighted by atomic mass is 32.2. The Hall–Kier alpha value is -2.00. The fourth-order valence-corrected chi connectivity index (χ4v) is 4.66. The van der Waals surface area contributed by atoms with Crippen molar-refractivity contribution >= 4 is 27.0 Å². The van der Waals surface area contributed by atoms with Crippen molar-refractivity contribution in [3.05, 3.63) is 24.3 Å². The first kappa shape index (κ1) is 18.8. The molecule has 9 heteroatoms. The summed E-state index contributed by atoms with van der Waals surface area (Å²) in [6.07, 6.45) is 3.12. The van der Waals surface area contributed by atoms with Crippen LogP contribution in [-0.4, -0.2) is 59.0 Å². The van der Waals surface area contributed by atoms with E-state index < -0.39 is 10.0 Å². The van der Waals surface area contributed by atoms with Crippen LogP contribution in [0.4, 0.5) is 0 Å². The van der Waals surface area contributed by atoms with Crippen molar-refractivity contribution in [3.8, 4) is 0 Å². The van der Waals surface area contributed by atoms with Gasteiger partial charge in [0, 0.05) is 26.1 Å². The van der Waals surface area contributed by atoms with Gasteiger partial charge in [-0.2, -0.15) is 0 Å². The number of hydrogen-bond donors (Lipinski definition) is 1. The van der Waals surface area contributed by atoms with Gasteiger partial charge in [-0.15, -0.1) is 5.10 Å². The number of benzene rings is 1. The third-order valence-electron chi connectivity index (χ3n) is 4.67. The molecule has 1 amide bonds. The van der Waals surface area contributed by atoms with Crippen molar-refractivity contribution in [2.45, 2.75) is 38.6 Å². The molecule has 1 saturated heterocycles. The maximum atomic E-state index is 12.3. The van der Waals surface area contributed by atoms with Crippen LogP contribution in [-0.2, 0) is 14.8 Å². The highest BCUT2D eigenvalue weighted by molar-refractivity contribution is 7.89. The largest absolute Gasteiger partial charge is 0.355 e. The number of nitrogens with one attached hydrogen (secondary N) is 1. The fourth-order valence-electron chi connectivity index (χ4n) is 3.23. The van der Waals surface area contributed by atoms with Gasteiger partial charge in [0.15, 0.2) is 0 Å². The molecule has 26 heavy (non-hydrogen) atoms. The lowest BCUT2D eigenvalue weighted by Crippen LogP contribution is -2.40. The molecule has 0 radical (unpaired) electrons.